The van der Waals surface area contributed by atoms with E-state index in [4.69, 9.17) is 0 Å². The van der Waals surface area contributed by atoms with Crippen LogP contribution in [0.5, 0.6) is 5.75 Å². The van der Waals surface area contributed by atoms with Gasteiger partial charge >= 0.3 is 0 Å². The highest BCUT2D eigenvalue weighted by Gasteiger charge is 2.28. The number of nitrogens with zero attached hydrogens (tertiary/aromatic N) is 3. The van der Waals surface area contributed by atoms with Gasteiger partial charge in [-0.3, -0.25) is 9.36 Å². The summed E-state index contributed by atoms with van der Waals surface area (Å²) in [7, 11) is 0. The van der Waals surface area contributed by atoms with Crippen LogP contribution in [0, 0.1) is 0 Å². The number of aromatic nitrogens is 1. The van der Waals surface area contributed by atoms with Gasteiger partial charge < -0.3 is 5.11 Å². The molecule has 1 aliphatic rings. The van der Waals surface area contributed by atoms with E-state index >= 15 is 0 Å². The summed E-state index contributed by atoms with van der Waals surface area (Å²) in [5, 5.41) is 18.6. The van der Waals surface area contributed by atoms with Gasteiger partial charge in [-0.15, -0.1) is 10.2 Å². The van der Waals surface area contributed by atoms with Crippen LogP contribution in [0.1, 0.15) is 22.7 Å². The molecule has 5 nitrogen and oxygen atoms in total. The summed E-state index contributed by atoms with van der Waals surface area (Å²) in [4.78, 5) is 14.0. The number of phenolic OH excluding ortho intramolecular Hbond substituents is 1. The maximum absolute atomic E-state index is 13.4. The lowest BCUT2D eigenvalue weighted by atomic mass is 9.96. The van der Waals surface area contributed by atoms with Crippen LogP contribution in [-0.4, -0.2) is 15.4 Å². The number of hydrogen-bond donors (Lipinski definition) is 1. The molecule has 0 unspecified atom stereocenters. The van der Waals surface area contributed by atoms with Crippen molar-refractivity contribution in [1.29, 1.82) is 0 Å². The van der Waals surface area contributed by atoms with Gasteiger partial charge in [0.05, 0.1) is 10.2 Å². The smallest absolute Gasteiger partial charge is 0.271 e. The van der Waals surface area contributed by atoms with Crippen molar-refractivity contribution in [2.45, 2.75) is 6.04 Å². The Hall–Kier alpha value is -3.77. The topological polar surface area (TPSA) is 66.9 Å². The third kappa shape index (κ3) is 3.27. The zero-order chi connectivity index (χ0) is 20.5. The first kappa shape index (κ1) is 18.3. The minimum atomic E-state index is -0.365. The first-order valence-electron chi connectivity index (χ1n) is 9.49. The number of hydrogen-bond acceptors (Lipinski definition) is 5. The van der Waals surface area contributed by atoms with Gasteiger partial charge in [0.15, 0.2) is 0 Å². The van der Waals surface area contributed by atoms with Gasteiger partial charge in [0.25, 0.3) is 5.56 Å². The predicted octanol–water partition coefficient (Wildman–Crippen LogP) is 3.07. The highest BCUT2D eigenvalue weighted by atomic mass is 32.1. The molecule has 1 atom stereocenters. The summed E-state index contributed by atoms with van der Waals surface area (Å²) in [6.45, 7) is 0. The monoisotopic (exact) mass is 411 g/mol. The van der Waals surface area contributed by atoms with Gasteiger partial charge in [-0.2, -0.15) is 0 Å². The Bertz CT molecular complexity index is 1420. The molecule has 1 aliphatic heterocycles. The molecule has 0 saturated carbocycles. The van der Waals surface area contributed by atoms with E-state index in [9.17, 15) is 9.90 Å². The Morgan fingerprint density at radius 2 is 1.63 bits per heavy atom. The normalized spacial score (nSPS) is 15.9. The van der Waals surface area contributed by atoms with E-state index in [2.05, 4.69) is 10.2 Å². The SMILES string of the molecule is O=c1c(=Cc2cccc(O)c2)sc2n1[C@@H](c1ccccc1)C(c1ccccc1)=NN=2. The van der Waals surface area contributed by atoms with E-state index in [1.165, 1.54) is 11.3 Å². The molecule has 0 radical (unpaired) electrons. The summed E-state index contributed by atoms with van der Waals surface area (Å²) >= 11 is 1.30. The number of aromatic hydroxyl groups is 1. The molecule has 0 saturated heterocycles. The van der Waals surface area contributed by atoms with Crippen LogP contribution < -0.4 is 14.9 Å². The van der Waals surface area contributed by atoms with Crippen LogP contribution in [-0.2, 0) is 0 Å². The molecule has 2 heterocycles. The van der Waals surface area contributed by atoms with Crippen molar-refractivity contribution in [2.24, 2.45) is 10.2 Å². The number of phenols is 1. The van der Waals surface area contributed by atoms with E-state index in [-0.39, 0.29) is 17.4 Å². The van der Waals surface area contributed by atoms with Crippen LogP contribution in [0.4, 0.5) is 0 Å². The maximum atomic E-state index is 13.4. The summed E-state index contributed by atoms with van der Waals surface area (Å²) in [5.74, 6) is 0.159. The zero-order valence-corrected chi connectivity index (χ0v) is 16.7. The van der Waals surface area contributed by atoms with Crippen LogP contribution in [0.3, 0.4) is 0 Å². The van der Waals surface area contributed by atoms with Gasteiger partial charge in [0.2, 0.25) is 4.80 Å². The highest BCUT2D eigenvalue weighted by Crippen LogP contribution is 2.24. The minimum Gasteiger partial charge on any atom is -0.508 e. The lowest BCUT2D eigenvalue weighted by Crippen LogP contribution is -2.40. The van der Waals surface area contributed by atoms with Gasteiger partial charge in [0.1, 0.15) is 11.8 Å². The van der Waals surface area contributed by atoms with E-state index < -0.39 is 0 Å². The van der Waals surface area contributed by atoms with Crippen LogP contribution in [0.25, 0.3) is 6.08 Å². The van der Waals surface area contributed by atoms with E-state index in [0.29, 0.717) is 9.33 Å². The summed E-state index contributed by atoms with van der Waals surface area (Å²) in [6, 6.07) is 26.1. The van der Waals surface area contributed by atoms with E-state index in [1.807, 2.05) is 66.7 Å². The molecule has 0 spiro atoms. The molecule has 146 valence electrons. The predicted molar refractivity (Wildman–Crippen MR) is 119 cm³/mol. The fraction of sp³-hybridized carbons (Fsp3) is 0.0417. The fourth-order valence-corrected chi connectivity index (χ4v) is 4.54. The minimum absolute atomic E-state index is 0.126. The molecular weight excluding hydrogens is 394 g/mol. The Labute approximate surface area is 176 Å². The lowest BCUT2D eigenvalue weighted by molar-refractivity contribution is 0.475. The third-order valence-corrected chi connectivity index (χ3v) is 5.92. The Morgan fingerprint density at radius 3 is 2.37 bits per heavy atom. The molecular formula is C24H17N3O2S. The van der Waals surface area contributed by atoms with Gasteiger partial charge in [-0.05, 0) is 29.3 Å². The lowest BCUT2D eigenvalue weighted by Gasteiger charge is -2.22. The van der Waals surface area contributed by atoms with Crippen molar-refractivity contribution in [1.82, 2.24) is 4.57 Å². The van der Waals surface area contributed by atoms with Gasteiger partial charge in [-0.1, -0.05) is 84.1 Å². The Balaban J connectivity index is 1.73. The van der Waals surface area contributed by atoms with E-state index in [1.54, 1.807) is 28.8 Å². The maximum Gasteiger partial charge on any atom is 0.271 e. The Morgan fingerprint density at radius 1 is 0.900 bits per heavy atom. The molecule has 3 aromatic carbocycles. The van der Waals surface area contributed by atoms with Gasteiger partial charge in [-0.25, -0.2) is 0 Å². The quantitative estimate of drug-likeness (QED) is 0.563. The molecule has 4 aromatic rings. The van der Waals surface area contributed by atoms with Crippen molar-refractivity contribution in [3.05, 3.63) is 121 Å². The molecule has 0 fully saturated rings. The molecule has 1 aromatic heterocycles. The van der Waals surface area contributed by atoms with Gasteiger partial charge in [0, 0.05) is 5.56 Å². The Kier molecular flexibility index (Phi) is 4.61. The van der Waals surface area contributed by atoms with Crippen LogP contribution >= 0.6 is 11.3 Å². The van der Waals surface area contributed by atoms with E-state index in [0.717, 1.165) is 22.4 Å². The van der Waals surface area contributed by atoms with Crippen molar-refractivity contribution < 1.29 is 5.11 Å². The summed E-state index contributed by atoms with van der Waals surface area (Å²) < 4.78 is 2.26. The van der Waals surface area contributed by atoms with Crippen molar-refractivity contribution in [3.8, 4) is 5.75 Å². The molecule has 0 bridgehead atoms. The third-order valence-electron chi connectivity index (χ3n) is 4.95. The molecule has 1 N–H and O–H groups in total. The van der Waals surface area contributed by atoms with Crippen LogP contribution in [0.15, 0.2) is 99.9 Å². The first-order chi connectivity index (χ1) is 14.7. The second kappa shape index (κ2) is 7.57. The number of fused-ring (bicyclic) bond motifs is 1. The number of thiazole rings is 1. The van der Waals surface area contributed by atoms with Crippen molar-refractivity contribution >= 4 is 23.1 Å². The average Bonchev–Trinajstić information content (AvgIpc) is 3.10. The average molecular weight is 411 g/mol. The summed E-state index contributed by atoms with van der Waals surface area (Å²) in [5.41, 5.74) is 3.27. The van der Waals surface area contributed by atoms with Crippen LogP contribution in [0.2, 0.25) is 0 Å². The van der Waals surface area contributed by atoms with Crippen molar-refractivity contribution in [2.75, 3.05) is 0 Å². The second-order valence-electron chi connectivity index (χ2n) is 6.93. The largest absolute Gasteiger partial charge is 0.508 e. The number of benzene rings is 3. The standard InChI is InChI=1S/C24H17N3O2S/c28-19-13-7-8-16(14-19)15-20-23(29)27-22(18-11-5-2-6-12-18)21(25-26-24(27)30-20)17-9-3-1-4-10-17/h1-15,22,28H/t22-/m0/s1. The first-order valence-corrected chi connectivity index (χ1v) is 10.3. The zero-order valence-electron chi connectivity index (χ0n) is 15.8. The molecule has 30 heavy (non-hydrogen) atoms. The highest BCUT2D eigenvalue weighted by molar-refractivity contribution is 7.07. The van der Waals surface area contributed by atoms with Crippen molar-refractivity contribution in [3.63, 3.8) is 0 Å². The molecule has 0 aliphatic carbocycles. The second-order valence-corrected chi connectivity index (χ2v) is 7.94. The molecule has 6 heteroatoms. The fourth-order valence-electron chi connectivity index (χ4n) is 3.59. The molecule has 0 amide bonds. The molecule has 5 rings (SSSR count). The summed E-state index contributed by atoms with van der Waals surface area (Å²) in [6.07, 6.45) is 1.78. The number of rotatable bonds is 3.